The van der Waals surface area contributed by atoms with Crippen molar-refractivity contribution in [2.75, 3.05) is 77.3 Å². The van der Waals surface area contributed by atoms with Crippen molar-refractivity contribution < 1.29 is 4.39 Å². The van der Waals surface area contributed by atoms with Crippen LogP contribution in [-0.2, 0) is 19.3 Å². The van der Waals surface area contributed by atoms with Crippen molar-refractivity contribution >= 4 is 63.8 Å². The molecule has 5 aliphatic rings. The molecule has 3 fully saturated rings. The van der Waals surface area contributed by atoms with E-state index in [9.17, 15) is 0 Å². The summed E-state index contributed by atoms with van der Waals surface area (Å²) in [6.07, 6.45) is 15.7. The van der Waals surface area contributed by atoms with Gasteiger partial charge < -0.3 is 35.0 Å². The third-order valence-corrected chi connectivity index (χ3v) is 14.9. The Kier molecular flexibility index (Phi) is 12.2. The van der Waals surface area contributed by atoms with Crippen LogP contribution in [0.25, 0.3) is 0 Å². The fourth-order valence-corrected chi connectivity index (χ4v) is 11.2. The van der Waals surface area contributed by atoms with Crippen LogP contribution < -0.4 is 30.1 Å². The number of anilines is 7. The normalized spacial score (nSPS) is 19.8. The van der Waals surface area contributed by atoms with E-state index in [2.05, 4.69) is 103 Å². The molecule has 316 valence electrons. The molecule has 12 heteroatoms. The molecule has 0 spiro atoms. The summed E-state index contributed by atoms with van der Waals surface area (Å²) in [6, 6.07) is 17.4. The topological polar surface area (TPSA) is 74.8 Å². The molecule has 60 heavy (non-hydrogen) atoms. The smallest absolute Gasteiger partial charge is 0.229 e. The van der Waals surface area contributed by atoms with Gasteiger partial charge in [0, 0.05) is 79.4 Å². The summed E-state index contributed by atoms with van der Waals surface area (Å²) in [6.45, 7) is 14.4. The lowest BCUT2D eigenvalue weighted by Gasteiger charge is -2.39. The molecule has 0 saturated carbocycles. The third-order valence-electron chi connectivity index (χ3n) is 13.8. The molecule has 1 unspecified atom stereocenters. The SMILES string of the molecule is C=C1CCC(c2ccc(N3CCC(CCN(C)C4CCN(c5ccc(Nc6ncc(Cl)c(Nc7cccc8c7N(SC)CC8)n6)c6c5CCC6)CC4)CC3)cc2F)C(=C)N1. The van der Waals surface area contributed by atoms with Crippen molar-refractivity contribution in [1.29, 1.82) is 0 Å². The van der Waals surface area contributed by atoms with Crippen molar-refractivity contribution in [1.82, 2.24) is 20.2 Å². The summed E-state index contributed by atoms with van der Waals surface area (Å²) in [5.74, 6) is 1.73. The van der Waals surface area contributed by atoms with Gasteiger partial charge in [-0.25, -0.2) is 9.37 Å². The number of halogens is 2. The first-order valence-electron chi connectivity index (χ1n) is 22.0. The van der Waals surface area contributed by atoms with Crippen LogP contribution in [0.5, 0.6) is 0 Å². The molecule has 1 aliphatic carbocycles. The Morgan fingerprint density at radius 3 is 2.48 bits per heavy atom. The Labute approximate surface area is 365 Å². The zero-order valence-electron chi connectivity index (χ0n) is 35.2. The molecule has 0 bridgehead atoms. The molecule has 9 rings (SSSR count). The lowest BCUT2D eigenvalue weighted by Crippen LogP contribution is -2.44. The Bertz CT molecular complexity index is 2230. The average Bonchev–Trinajstić information content (AvgIpc) is 3.94. The summed E-state index contributed by atoms with van der Waals surface area (Å²) in [5, 5.41) is 10.8. The summed E-state index contributed by atoms with van der Waals surface area (Å²) in [4.78, 5) is 17.1. The molecule has 4 aromatic rings. The van der Waals surface area contributed by atoms with E-state index in [1.165, 1.54) is 47.3 Å². The molecular formula is C48H59ClFN9S. The highest BCUT2D eigenvalue weighted by Gasteiger charge is 2.30. The van der Waals surface area contributed by atoms with E-state index < -0.39 is 0 Å². The number of benzene rings is 3. The van der Waals surface area contributed by atoms with Gasteiger partial charge in [0.05, 0.1) is 17.6 Å². The number of piperidine rings is 3. The van der Waals surface area contributed by atoms with Crippen LogP contribution in [0.1, 0.15) is 79.5 Å². The molecule has 0 amide bonds. The van der Waals surface area contributed by atoms with Gasteiger partial charge in [0.1, 0.15) is 10.8 Å². The van der Waals surface area contributed by atoms with Crippen molar-refractivity contribution in [3.63, 3.8) is 0 Å². The van der Waals surface area contributed by atoms with E-state index in [1.54, 1.807) is 24.2 Å². The summed E-state index contributed by atoms with van der Waals surface area (Å²) in [7, 11) is 2.33. The first kappa shape index (κ1) is 40.9. The van der Waals surface area contributed by atoms with Gasteiger partial charge in [-0.3, -0.25) is 0 Å². The number of nitrogens with one attached hydrogen (secondary N) is 3. The standard InChI is InChI=1S/C48H59ClFN9S/c1-31-11-13-37(32(2)52-31)38-14-12-36(29-42(38)50)57-24-18-33(19-25-57)17-23-56(3)35-21-26-58(27-22-35)45-16-15-43(39-8-6-9-40(39)45)54-48-51-30-41(49)47(55-48)53-44-10-5-7-34-20-28-59(60-4)46(34)44/h5,7,10,12,14-16,29-30,33,35,37,52H,1-2,6,8-9,11,13,17-28H2,3-4H3,(H2,51,53,54,55). The number of fused-ring (bicyclic) bond motifs is 2. The minimum atomic E-state index is -0.123. The second-order valence-corrected chi connectivity index (χ2v) is 18.6. The molecule has 1 aromatic heterocycles. The number of para-hydroxylation sites is 1. The summed E-state index contributed by atoms with van der Waals surface area (Å²) >= 11 is 8.39. The fourth-order valence-electron chi connectivity index (χ4n) is 10.4. The zero-order valence-corrected chi connectivity index (χ0v) is 36.8. The van der Waals surface area contributed by atoms with E-state index in [0.29, 0.717) is 28.7 Å². The van der Waals surface area contributed by atoms with Gasteiger partial charge >= 0.3 is 0 Å². The number of hydrogen-bond acceptors (Lipinski definition) is 10. The quantitative estimate of drug-likeness (QED) is 0.120. The van der Waals surface area contributed by atoms with Gasteiger partial charge in [0.2, 0.25) is 5.95 Å². The van der Waals surface area contributed by atoms with E-state index in [0.717, 1.165) is 125 Å². The Balaban J connectivity index is 0.760. The molecule has 3 aromatic carbocycles. The first-order valence-corrected chi connectivity index (χ1v) is 23.6. The molecular weight excluding hydrogens is 789 g/mol. The molecule has 0 radical (unpaired) electrons. The van der Waals surface area contributed by atoms with Gasteiger partial charge in [0.15, 0.2) is 5.82 Å². The highest BCUT2D eigenvalue weighted by Crippen LogP contribution is 2.42. The maximum atomic E-state index is 15.4. The highest BCUT2D eigenvalue weighted by molar-refractivity contribution is 8.00. The minimum Gasteiger partial charge on any atom is -0.371 e. The van der Waals surface area contributed by atoms with Crippen molar-refractivity contribution in [3.05, 3.63) is 112 Å². The number of aromatic nitrogens is 2. The molecule has 3 saturated heterocycles. The molecule has 9 nitrogen and oxygen atoms in total. The predicted octanol–water partition coefficient (Wildman–Crippen LogP) is 10.6. The molecule has 3 N–H and O–H groups in total. The monoisotopic (exact) mass is 847 g/mol. The second-order valence-electron chi connectivity index (χ2n) is 17.4. The van der Waals surface area contributed by atoms with Gasteiger partial charge in [-0.05, 0) is 143 Å². The van der Waals surface area contributed by atoms with Crippen LogP contribution in [0.4, 0.5) is 44.6 Å². The Morgan fingerprint density at radius 1 is 0.900 bits per heavy atom. The van der Waals surface area contributed by atoms with Crippen molar-refractivity contribution in [3.8, 4) is 0 Å². The lowest BCUT2D eigenvalue weighted by molar-refractivity contribution is 0.189. The average molecular weight is 849 g/mol. The van der Waals surface area contributed by atoms with Crippen LogP contribution in [0.2, 0.25) is 5.02 Å². The van der Waals surface area contributed by atoms with Crippen LogP contribution in [0.15, 0.2) is 79.3 Å². The number of rotatable bonds is 12. The van der Waals surface area contributed by atoms with Gasteiger partial charge in [-0.1, -0.05) is 54.9 Å². The van der Waals surface area contributed by atoms with Gasteiger partial charge in [-0.15, -0.1) is 0 Å². The summed E-state index contributed by atoms with van der Waals surface area (Å²) in [5.41, 5.74) is 12.4. The van der Waals surface area contributed by atoms with Crippen molar-refractivity contribution in [2.45, 2.75) is 82.6 Å². The van der Waals surface area contributed by atoms with Crippen LogP contribution in [0, 0.1) is 11.7 Å². The summed E-state index contributed by atoms with van der Waals surface area (Å²) < 4.78 is 17.7. The maximum Gasteiger partial charge on any atom is 0.229 e. The molecule has 4 aliphatic heterocycles. The number of allylic oxidation sites excluding steroid dienone is 2. The van der Waals surface area contributed by atoms with Gasteiger partial charge in [0.25, 0.3) is 0 Å². The highest BCUT2D eigenvalue weighted by atomic mass is 35.5. The van der Waals surface area contributed by atoms with Gasteiger partial charge in [-0.2, -0.15) is 4.98 Å². The third kappa shape index (κ3) is 8.55. The van der Waals surface area contributed by atoms with Crippen LogP contribution in [-0.4, -0.2) is 73.5 Å². The second kappa shape index (κ2) is 17.9. The maximum absolute atomic E-state index is 15.4. The Hall–Kier alpha value is -4.45. The Morgan fingerprint density at radius 2 is 1.70 bits per heavy atom. The predicted molar refractivity (Wildman–Crippen MR) is 250 cm³/mol. The minimum absolute atomic E-state index is 0.00175. The largest absolute Gasteiger partial charge is 0.371 e. The molecule has 5 heterocycles. The van der Waals surface area contributed by atoms with Crippen LogP contribution >= 0.6 is 23.5 Å². The first-order chi connectivity index (χ1) is 29.2. The van der Waals surface area contributed by atoms with E-state index >= 15 is 4.39 Å². The van der Waals surface area contributed by atoms with E-state index in [1.807, 2.05) is 6.07 Å². The molecule has 1 atom stereocenters. The van der Waals surface area contributed by atoms with Crippen LogP contribution in [0.3, 0.4) is 0 Å². The zero-order chi connectivity index (χ0) is 41.3. The van der Waals surface area contributed by atoms with E-state index in [-0.39, 0.29) is 11.7 Å². The number of nitrogens with zero attached hydrogens (tertiary/aromatic N) is 6. The number of hydrogen-bond donors (Lipinski definition) is 3. The fraction of sp³-hybridized carbons (Fsp3) is 0.458. The van der Waals surface area contributed by atoms with E-state index in [4.69, 9.17) is 16.6 Å². The van der Waals surface area contributed by atoms with Crippen molar-refractivity contribution in [2.24, 2.45) is 5.92 Å². The lowest BCUT2D eigenvalue weighted by atomic mass is 9.87.